The van der Waals surface area contributed by atoms with E-state index in [9.17, 15) is 0 Å². The van der Waals surface area contributed by atoms with Crippen LogP contribution in [0.3, 0.4) is 0 Å². The molecule has 1 N–H and O–H groups in total. The average Bonchev–Trinajstić information content (AvgIpc) is 2.34. The van der Waals surface area contributed by atoms with Crippen LogP contribution in [0.2, 0.25) is 0 Å². The van der Waals surface area contributed by atoms with Crippen molar-refractivity contribution < 1.29 is 5.11 Å². The molecule has 1 aliphatic heterocycles. The van der Waals surface area contributed by atoms with E-state index in [0.29, 0.717) is 12.6 Å². The molecule has 0 radical (unpaired) electrons. The highest BCUT2D eigenvalue weighted by Gasteiger charge is 2.30. The van der Waals surface area contributed by atoms with Crippen LogP contribution in [0.1, 0.15) is 20.3 Å². The summed E-state index contributed by atoms with van der Waals surface area (Å²) >= 11 is 2.50. The lowest BCUT2D eigenvalue weighted by atomic mass is 10.0. The molecule has 1 heterocycles. The van der Waals surface area contributed by atoms with Crippen LogP contribution in [0.15, 0.2) is 0 Å². The molecule has 0 saturated carbocycles. The number of hydrogen-bond acceptors (Lipinski definition) is 2. The van der Waals surface area contributed by atoms with Gasteiger partial charge in [-0.2, -0.15) is 0 Å². The molecular formula is C9H18INO. The van der Waals surface area contributed by atoms with Crippen LogP contribution in [-0.2, 0) is 0 Å². The lowest BCUT2D eigenvalue weighted by molar-refractivity contribution is 0.189. The summed E-state index contributed by atoms with van der Waals surface area (Å²) in [4.78, 5) is 2.39. The molecule has 0 aromatic rings. The van der Waals surface area contributed by atoms with Crippen molar-refractivity contribution in [1.29, 1.82) is 0 Å². The minimum atomic E-state index is 0.298. The van der Waals surface area contributed by atoms with E-state index in [1.165, 1.54) is 13.0 Å². The van der Waals surface area contributed by atoms with Crippen molar-refractivity contribution in [2.24, 2.45) is 5.92 Å². The second-order valence-corrected chi connectivity index (χ2v) is 5.71. The van der Waals surface area contributed by atoms with Crippen LogP contribution in [-0.4, -0.2) is 39.7 Å². The molecule has 0 spiro atoms. The first kappa shape index (κ1) is 10.7. The van der Waals surface area contributed by atoms with Crippen LogP contribution < -0.4 is 0 Å². The predicted molar refractivity (Wildman–Crippen MR) is 59.7 cm³/mol. The Morgan fingerprint density at radius 1 is 1.67 bits per heavy atom. The van der Waals surface area contributed by atoms with E-state index >= 15 is 0 Å². The number of aliphatic hydroxyl groups excluding tert-OH is 1. The van der Waals surface area contributed by atoms with Gasteiger partial charge in [0.2, 0.25) is 0 Å². The molecule has 72 valence electrons. The normalized spacial score (nSPS) is 34.0. The van der Waals surface area contributed by atoms with Gasteiger partial charge in [-0.05, 0) is 19.3 Å². The molecule has 3 heteroatoms. The molecule has 1 fully saturated rings. The number of likely N-dealkylation sites (tertiary alicyclic amines) is 1. The summed E-state index contributed by atoms with van der Waals surface area (Å²) in [5.74, 6) is 0.826. The highest BCUT2D eigenvalue weighted by molar-refractivity contribution is 14.1. The average molecular weight is 283 g/mol. The number of nitrogens with zero attached hydrogens (tertiary/aromatic N) is 1. The molecule has 12 heavy (non-hydrogen) atoms. The third-order valence-electron chi connectivity index (χ3n) is 2.77. The van der Waals surface area contributed by atoms with Crippen LogP contribution in [0.25, 0.3) is 0 Å². The van der Waals surface area contributed by atoms with E-state index in [-0.39, 0.29) is 0 Å². The smallest absolute Gasteiger partial charge is 0.0558 e. The van der Waals surface area contributed by atoms with Crippen molar-refractivity contribution in [3.63, 3.8) is 0 Å². The Bertz CT molecular complexity index is 140. The van der Waals surface area contributed by atoms with Crippen molar-refractivity contribution in [3.8, 4) is 0 Å². The molecule has 3 atom stereocenters. The van der Waals surface area contributed by atoms with Crippen LogP contribution >= 0.6 is 22.6 Å². The number of halogens is 1. The molecule has 0 bridgehead atoms. The van der Waals surface area contributed by atoms with E-state index in [2.05, 4.69) is 41.3 Å². The maximum absolute atomic E-state index is 8.83. The second-order valence-electron chi connectivity index (χ2n) is 3.74. The third kappa shape index (κ3) is 2.57. The zero-order valence-corrected chi connectivity index (χ0v) is 9.99. The van der Waals surface area contributed by atoms with Crippen LogP contribution in [0.5, 0.6) is 0 Å². The maximum Gasteiger partial charge on any atom is 0.0558 e. The summed E-state index contributed by atoms with van der Waals surface area (Å²) in [5, 5.41) is 8.83. The van der Waals surface area contributed by atoms with Gasteiger partial charge in [-0.3, -0.25) is 4.90 Å². The Balaban J connectivity index is 2.39. The Morgan fingerprint density at radius 3 is 2.75 bits per heavy atom. The van der Waals surface area contributed by atoms with E-state index in [0.717, 1.165) is 16.4 Å². The SMILES string of the molecule is CC(I)[C@@H]1C[C@@H](C)N(CCO)C1. The number of β-amino-alcohol motifs (C(OH)–C–C–N with tert-alkyl or cyclic N) is 1. The van der Waals surface area contributed by atoms with Crippen molar-refractivity contribution in [3.05, 3.63) is 0 Å². The Labute approximate surface area is 88.5 Å². The van der Waals surface area contributed by atoms with Crippen molar-refractivity contribution in [1.82, 2.24) is 4.90 Å². The topological polar surface area (TPSA) is 23.5 Å². The fourth-order valence-corrected chi connectivity index (χ4v) is 2.44. The number of alkyl halides is 1. The molecule has 1 unspecified atom stereocenters. The molecule has 2 nitrogen and oxygen atoms in total. The van der Waals surface area contributed by atoms with Crippen LogP contribution in [0.4, 0.5) is 0 Å². The molecular weight excluding hydrogens is 265 g/mol. The maximum atomic E-state index is 8.83. The minimum Gasteiger partial charge on any atom is -0.395 e. The molecule has 0 aliphatic carbocycles. The monoisotopic (exact) mass is 283 g/mol. The van der Waals surface area contributed by atoms with Gasteiger partial charge >= 0.3 is 0 Å². The Kier molecular flexibility index (Phi) is 4.26. The van der Waals surface area contributed by atoms with Gasteiger partial charge in [0.25, 0.3) is 0 Å². The van der Waals surface area contributed by atoms with Crippen molar-refractivity contribution in [2.75, 3.05) is 19.7 Å². The summed E-state index contributed by atoms with van der Waals surface area (Å²) in [6.07, 6.45) is 1.30. The second kappa shape index (κ2) is 4.77. The summed E-state index contributed by atoms with van der Waals surface area (Å²) in [6, 6.07) is 0.666. The lowest BCUT2D eigenvalue weighted by Gasteiger charge is -2.19. The highest BCUT2D eigenvalue weighted by Crippen LogP contribution is 2.28. The quantitative estimate of drug-likeness (QED) is 0.627. The zero-order chi connectivity index (χ0) is 9.14. The zero-order valence-electron chi connectivity index (χ0n) is 7.83. The van der Waals surface area contributed by atoms with Gasteiger partial charge in [-0.25, -0.2) is 0 Å². The number of aliphatic hydroxyl groups is 1. The molecule has 0 amide bonds. The van der Waals surface area contributed by atoms with Gasteiger partial charge in [0.05, 0.1) is 6.61 Å². The van der Waals surface area contributed by atoms with E-state index in [1.807, 2.05) is 0 Å². The number of rotatable bonds is 3. The van der Waals surface area contributed by atoms with E-state index < -0.39 is 0 Å². The minimum absolute atomic E-state index is 0.298. The van der Waals surface area contributed by atoms with E-state index in [1.54, 1.807) is 0 Å². The Hall–Kier alpha value is 0.650. The van der Waals surface area contributed by atoms with Crippen molar-refractivity contribution >= 4 is 22.6 Å². The fourth-order valence-electron chi connectivity index (χ4n) is 1.92. The molecule has 0 aromatic heterocycles. The molecule has 1 rings (SSSR count). The van der Waals surface area contributed by atoms with Gasteiger partial charge in [-0.1, -0.05) is 29.5 Å². The first-order valence-electron chi connectivity index (χ1n) is 4.64. The summed E-state index contributed by atoms with van der Waals surface area (Å²) in [6.45, 7) is 6.86. The van der Waals surface area contributed by atoms with Crippen molar-refractivity contribution in [2.45, 2.75) is 30.2 Å². The first-order valence-corrected chi connectivity index (χ1v) is 5.88. The van der Waals surface area contributed by atoms with Gasteiger partial charge in [-0.15, -0.1) is 0 Å². The largest absolute Gasteiger partial charge is 0.395 e. The molecule has 0 aromatic carbocycles. The third-order valence-corrected chi connectivity index (χ3v) is 3.79. The van der Waals surface area contributed by atoms with Crippen LogP contribution in [0, 0.1) is 5.92 Å². The lowest BCUT2D eigenvalue weighted by Crippen LogP contribution is -2.30. The van der Waals surface area contributed by atoms with Gasteiger partial charge in [0, 0.05) is 23.1 Å². The standard InChI is InChI=1S/C9H18INO/c1-7-5-9(8(2)10)6-11(7)3-4-12/h7-9,12H,3-6H2,1-2H3/t7-,8?,9-/m1/s1. The first-order chi connectivity index (χ1) is 5.65. The van der Waals surface area contributed by atoms with Gasteiger partial charge in [0.15, 0.2) is 0 Å². The van der Waals surface area contributed by atoms with Gasteiger partial charge < -0.3 is 5.11 Å². The molecule has 1 aliphatic rings. The number of hydrogen-bond donors (Lipinski definition) is 1. The van der Waals surface area contributed by atoms with E-state index in [4.69, 9.17) is 5.11 Å². The molecule has 1 saturated heterocycles. The summed E-state index contributed by atoms with van der Waals surface area (Å²) in [5.41, 5.74) is 0. The Morgan fingerprint density at radius 2 is 2.33 bits per heavy atom. The fraction of sp³-hybridized carbons (Fsp3) is 1.00. The summed E-state index contributed by atoms with van der Waals surface area (Å²) < 4.78 is 0.758. The predicted octanol–water partition coefficient (Wildman–Crippen LogP) is 1.51. The summed E-state index contributed by atoms with van der Waals surface area (Å²) in [7, 11) is 0. The van der Waals surface area contributed by atoms with Gasteiger partial charge in [0.1, 0.15) is 0 Å². The highest BCUT2D eigenvalue weighted by atomic mass is 127.